The van der Waals surface area contributed by atoms with E-state index in [2.05, 4.69) is 5.10 Å². The van der Waals surface area contributed by atoms with Gasteiger partial charge in [-0.2, -0.15) is 9.40 Å². The van der Waals surface area contributed by atoms with Gasteiger partial charge in [0.05, 0.1) is 24.1 Å². The van der Waals surface area contributed by atoms with Crippen LogP contribution in [0.1, 0.15) is 22.8 Å². The molecule has 0 bridgehead atoms. The van der Waals surface area contributed by atoms with Gasteiger partial charge < -0.3 is 5.11 Å². The molecule has 1 aliphatic heterocycles. The summed E-state index contributed by atoms with van der Waals surface area (Å²) in [6.07, 6.45) is 4.51. The van der Waals surface area contributed by atoms with Crippen molar-refractivity contribution in [1.29, 1.82) is 0 Å². The molecule has 1 fully saturated rings. The van der Waals surface area contributed by atoms with Gasteiger partial charge in [0.2, 0.25) is 10.0 Å². The molecule has 2 rings (SSSR count). The van der Waals surface area contributed by atoms with Crippen LogP contribution in [-0.4, -0.2) is 52.9 Å². The Morgan fingerprint density at radius 3 is 2.76 bits per heavy atom. The van der Waals surface area contributed by atoms with E-state index >= 15 is 0 Å². The minimum Gasteiger partial charge on any atom is -0.478 e. The van der Waals surface area contributed by atoms with Crippen molar-refractivity contribution in [2.24, 2.45) is 0 Å². The number of hydrogen-bond acceptors (Lipinski definition) is 4. The summed E-state index contributed by atoms with van der Waals surface area (Å²) in [4.78, 5) is 10.7. The van der Waals surface area contributed by atoms with Crippen molar-refractivity contribution in [3.05, 3.63) is 18.0 Å². The molecule has 1 unspecified atom stereocenters. The number of hydrogen-bond donors (Lipinski definition) is 1. The fraction of sp³-hybridized carbons (Fsp3) is 0.556. The highest BCUT2D eigenvalue weighted by molar-refractivity contribution is 7.88. The highest BCUT2D eigenvalue weighted by Gasteiger charge is 2.30. The Hall–Kier alpha value is -1.41. The topological polar surface area (TPSA) is 92.5 Å². The first-order valence-electron chi connectivity index (χ1n) is 5.10. The highest BCUT2D eigenvalue weighted by Crippen LogP contribution is 2.22. The first kappa shape index (κ1) is 12.1. The maximum Gasteiger partial charge on any atom is 0.338 e. The molecule has 1 N–H and O–H groups in total. The Morgan fingerprint density at radius 2 is 2.29 bits per heavy atom. The Bertz CT molecular complexity index is 536. The molecule has 0 spiro atoms. The van der Waals surface area contributed by atoms with Crippen molar-refractivity contribution in [2.75, 3.05) is 19.3 Å². The molecule has 1 aromatic heterocycles. The molecule has 0 amide bonds. The van der Waals surface area contributed by atoms with E-state index in [1.807, 2.05) is 0 Å². The van der Waals surface area contributed by atoms with Crippen molar-refractivity contribution in [3.8, 4) is 0 Å². The molecule has 8 heteroatoms. The predicted octanol–water partition coefficient (Wildman–Crippen LogP) is -0.212. The number of rotatable bonds is 3. The third-order valence-electron chi connectivity index (χ3n) is 2.82. The summed E-state index contributed by atoms with van der Waals surface area (Å²) in [6.45, 7) is 0.797. The predicted molar refractivity (Wildman–Crippen MR) is 59.3 cm³/mol. The fourth-order valence-electron chi connectivity index (χ4n) is 1.88. The first-order valence-corrected chi connectivity index (χ1v) is 6.95. The lowest BCUT2D eigenvalue weighted by Crippen LogP contribution is -2.28. The molecular weight excluding hydrogens is 246 g/mol. The lowest BCUT2D eigenvalue weighted by Gasteiger charge is -2.13. The Kier molecular flexibility index (Phi) is 2.92. The van der Waals surface area contributed by atoms with Gasteiger partial charge in [0, 0.05) is 19.3 Å². The second-order valence-corrected chi connectivity index (χ2v) is 6.06. The quantitative estimate of drug-likeness (QED) is 0.810. The van der Waals surface area contributed by atoms with Crippen LogP contribution in [0.2, 0.25) is 0 Å². The van der Waals surface area contributed by atoms with E-state index in [0.29, 0.717) is 19.5 Å². The third kappa shape index (κ3) is 2.47. The van der Waals surface area contributed by atoms with Crippen LogP contribution in [0, 0.1) is 0 Å². The number of aromatic nitrogens is 2. The zero-order valence-corrected chi connectivity index (χ0v) is 10.1. The second-order valence-electron chi connectivity index (χ2n) is 4.08. The molecule has 2 heterocycles. The number of carboxylic acids is 1. The van der Waals surface area contributed by atoms with E-state index in [0.717, 1.165) is 0 Å². The lowest BCUT2D eigenvalue weighted by atomic mass is 10.3. The molecule has 0 aromatic carbocycles. The molecule has 0 radical (unpaired) electrons. The van der Waals surface area contributed by atoms with E-state index in [-0.39, 0.29) is 11.6 Å². The van der Waals surface area contributed by atoms with Gasteiger partial charge in [-0.1, -0.05) is 0 Å². The number of carboxylic acid groups (broad SMARTS) is 1. The standard InChI is InChI=1S/C9H13N3O4S/c1-17(15,16)11-3-2-8(6-11)12-5-7(4-10-12)9(13)14/h4-5,8H,2-3,6H2,1H3,(H,13,14). The molecule has 1 aliphatic rings. The monoisotopic (exact) mass is 259 g/mol. The summed E-state index contributed by atoms with van der Waals surface area (Å²) < 4.78 is 25.5. The summed E-state index contributed by atoms with van der Waals surface area (Å²) in [5, 5.41) is 12.7. The molecule has 1 aromatic rings. The Labute approximate surface area is 98.7 Å². The largest absolute Gasteiger partial charge is 0.478 e. The average molecular weight is 259 g/mol. The van der Waals surface area contributed by atoms with Gasteiger partial charge in [0.25, 0.3) is 0 Å². The normalized spacial score (nSPS) is 21.8. The summed E-state index contributed by atoms with van der Waals surface area (Å²) >= 11 is 0. The zero-order chi connectivity index (χ0) is 12.6. The number of aromatic carboxylic acids is 1. The summed E-state index contributed by atoms with van der Waals surface area (Å²) in [5.41, 5.74) is 0.114. The number of nitrogens with zero attached hydrogens (tertiary/aromatic N) is 3. The summed E-state index contributed by atoms with van der Waals surface area (Å²) in [5.74, 6) is -1.03. The summed E-state index contributed by atoms with van der Waals surface area (Å²) in [6, 6.07) is -0.0853. The van der Waals surface area contributed by atoms with Crippen LogP contribution in [0.25, 0.3) is 0 Å². The van der Waals surface area contributed by atoms with Gasteiger partial charge >= 0.3 is 5.97 Å². The van der Waals surface area contributed by atoms with Crippen LogP contribution >= 0.6 is 0 Å². The van der Waals surface area contributed by atoms with Gasteiger partial charge in [-0.05, 0) is 6.42 Å². The van der Waals surface area contributed by atoms with Crippen molar-refractivity contribution in [1.82, 2.24) is 14.1 Å². The molecule has 94 valence electrons. The smallest absolute Gasteiger partial charge is 0.338 e. The molecule has 1 atom stereocenters. The molecular formula is C9H13N3O4S. The Morgan fingerprint density at radius 1 is 1.59 bits per heavy atom. The number of sulfonamides is 1. The first-order chi connectivity index (χ1) is 7.88. The maximum atomic E-state index is 11.3. The van der Waals surface area contributed by atoms with Crippen molar-refractivity contribution in [3.63, 3.8) is 0 Å². The lowest BCUT2D eigenvalue weighted by molar-refractivity contribution is 0.0696. The molecule has 17 heavy (non-hydrogen) atoms. The van der Waals surface area contributed by atoms with Crippen LogP contribution in [-0.2, 0) is 10.0 Å². The van der Waals surface area contributed by atoms with E-state index < -0.39 is 16.0 Å². The van der Waals surface area contributed by atoms with Gasteiger partial charge in [0.1, 0.15) is 0 Å². The van der Waals surface area contributed by atoms with Crippen LogP contribution in [0.15, 0.2) is 12.4 Å². The Balaban J connectivity index is 2.12. The number of carbonyl (C=O) groups is 1. The van der Waals surface area contributed by atoms with E-state index in [9.17, 15) is 13.2 Å². The van der Waals surface area contributed by atoms with Crippen LogP contribution in [0.3, 0.4) is 0 Å². The van der Waals surface area contributed by atoms with Crippen LogP contribution in [0.4, 0.5) is 0 Å². The minimum atomic E-state index is -3.18. The van der Waals surface area contributed by atoms with Crippen molar-refractivity contribution in [2.45, 2.75) is 12.5 Å². The highest BCUT2D eigenvalue weighted by atomic mass is 32.2. The van der Waals surface area contributed by atoms with Crippen molar-refractivity contribution < 1.29 is 18.3 Å². The van der Waals surface area contributed by atoms with E-state index in [1.165, 1.54) is 27.6 Å². The molecule has 0 saturated carbocycles. The van der Waals surface area contributed by atoms with E-state index in [1.54, 1.807) is 0 Å². The van der Waals surface area contributed by atoms with Gasteiger partial charge in [0.15, 0.2) is 0 Å². The molecule has 7 nitrogen and oxygen atoms in total. The maximum absolute atomic E-state index is 11.3. The average Bonchev–Trinajstić information content (AvgIpc) is 2.85. The van der Waals surface area contributed by atoms with E-state index in [4.69, 9.17) is 5.11 Å². The molecule has 0 aliphatic carbocycles. The SMILES string of the molecule is CS(=O)(=O)N1CCC(n2cc(C(=O)O)cn2)C1. The third-order valence-corrected chi connectivity index (χ3v) is 4.09. The van der Waals surface area contributed by atoms with Gasteiger partial charge in [-0.3, -0.25) is 4.68 Å². The zero-order valence-electron chi connectivity index (χ0n) is 9.28. The fourth-order valence-corrected chi connectivity index (χ4v) is 2.76. The molecule has 1 saturated heterocycles. The minimum absolute atomic E-state index is 0.0853. The van der Waals surface area contributed by atoms with Gasteiger partial charge in [-0.15, -0.1) is 0 Å². The van der Waals surface area contributed by atoms with Crippen molar-refractivity contribution >= 4 is 16.0 Å². The van der Waals surface area contributed by atoms with Crippen LogP contribution < -0.4 is 0 Å². The second kappa shape index (κ2) is 4.11. The summed E-state index contributed by atoms with van der Waals surface area (Å²) in [7, 11) is -3.18. The van der Waals surface area contributed by atoms with Gasteiger partial charge in [-0.25, -0.2) is 13.2 Å². The van der Waals surface area contributed by atoms with Crippen LogP contribution in [0.5, 0.6) is 0 Å².